The summed E-state index contributed by atoms with van der Waals surface area (Å²) in [5, 5.41) is 14.9. The predicted molar refractivity (Wildman–Crippen MR) is 86.2 cm³/mol. The number of hydrogen-bond donors (Lipinski definition) is 1. The Hall–Kier alpha value is -2.93. The average Bonchev–Trinajstić information content (AvgIpc) is 2.55. The van der Waals surface area contributed by atoms with Crippen molar-refractivity contribution in [1.29, 1.82) is 0 Å². The molecule has 0 fully saturated rings. The Balaban J connectivity index is 2.05. The number of hydrazone groups is 1. The summed E-state index contributed by atoms with van der Waals surface area (Å²) >= 11 is 5.98. The van der Waals surface area contributed by atoms with Crippen LogP contribution in [-0.4, -0.2) is 24.2 Å². The fraction of sp³-hybridized carbons (Fsp3) is 0.0667. The van der Waals surface area contributed by atoms with Gasteiger partial charge < -0.3 is 4.74 Å². The number of ether oxygens (including phenoxy) is 1. The Morgan fingerprint density at radius 2 is 2.13 bits per heavy atom. The fourth-order valence-corrected chi connectivity index (χ4v) is 2.02. The van der Waals surface area contributed by atoms with E-state index in [9.17, 15) is 14.9 Å². The Kier molecular flexibility index (Phi) is 5.27. The molecule has 0 bridgehead atoms. The minimum Gasteiger partial charge on any atom is -0.495 e. The molecule has 0 aliphatic rings. The Morgan fingerprint density at radius 1 is 1.35 bits per heavy atom. The van der Waals surface area contributed by atoms with E-state index in [0.29, 0.717) is 16.3 Å². The van der Waals surface area contributed by atoms with E-state index in [0.717, 1.165) is 0 Å². The van der Waals surface area contributed by atoms with Gasteiger partial charge in [0.2, 0.25) is 0 Å². The first-order chi connectivity index (χ1) is 11.0. The number of nitrogens with zero attached hydrogens (tertiary/aromatic N) is 2. The molecule has 0 spiro atoms. The van der Waals surface area contributed by atoms with Gasteiger partial charge in [-0.05, 0) is 29.8 Å². The zero-order valence-electron chi connectivity index (χ0n) is 12.0. The van der Waals surface area contributed by atoms with E-state index in [2.05, 4.69) is 10.5 Å². The number of hydrogen-bond acceptors (Lipinski definition) is 5. The van der Waals surface area contributed by atoms with Gasteiger partial charge in [-0.1, -0.05) is 17.7 Å². The molecule has 0 atom stereocenters. The molecule has 0 aromatic heterocycles. The van der Waals surface area contributed by atoms with Gasteiger partial charge in [0.15, 0.2) is 0 Å². The highest BCUT2D eigenvalue weighted by Gasteiger charge is 2.10. The Bertz CT molecular complexity index is 777. The number of nitro benzene ring substituents is 1. The number of nitro groups is 1. The van der Waals surface area contributed by atoms with Crippen molar-refractivity contribution in [2.75, 3.05) is 7.11 Å². The van der Waals surface area contributed by atoms with Crippen molar-refractivity contribution in [3.05, 3.63) is 68.7 Å². The van der Waals surface area contributed by atoms with Crippen LogP contribution in [0.4, 0.5) is 5.69 Å². The van der Waals surface area contributed by atoms with Gasteiger partial charge in [0, 0.05) is 17.7 Å². The van der Waals surface area contributed by atoms with Crippen molar-refractivity contribution in [2.45, 2.75) is 0 Å². The summed E-state index contributed by atoms with van der Waals surface area (Å²) in [6.07, 6.45) is 1.40. The Morgan fingerprint density at radius 3 is 2.78 bits per heavy atom. The third kappa shape index (κ3) is 4.27. The number of carbonyl (C=O) groups is 1. The molecule has 8 heteroatoms. The summed E-state index contributed by atoms with van der Waals surface area (Å²) in [5.41, 5.74) is 2.94. The zero-order chi connectivity index (χ0) is 16.8. The van der Waals surface area contributed by atoms with Crippen LogP contribution < -0.4 is 10.2 Å². The van der Waals surface area contributed by atoms with Crippen LogP contribution >= 0.6 is 11.6 Å². The van der Waals surface area contributed by atoms with E-state index in [1.54, 1.807) is 18.2 Å². The van der Waals surface area contributed by atoms with Gasteiger partial charge >= 0.3 is 0 Å². The molecule has 1 N–H and O–H groups in total. The molecule has 0 aliphatic carbocycles. The lowest BCUT2D eigenvalue weighted by atomic mass is 10.2. The van der Waals surface area contributed by atoms with Gasteiger partial charge in [0.05, 0.1) is 23.3 Å². The largest absolute Gasteiger partial charge is 0.495 e. The molecule has 0 aliphatic heterocycles. The van der Waals surface area contributed by atoms with Crippen molar-refractivity contribution in [2.24, 2.45) is 5.10 Å². The van der Waals surface area contributed by atoms with Crippen LogP contribution in [0.15, 0.2) is 47.6 Å². The minimum atomic E-state index is -0.570. The summed E-state index contributed by atoms with van der Waals surface area (Å²) in [6, 6.07) is 10.4. The molecule has 0 unspecified atom stereocenters. The van der Waals surface area contributed by atoms with Crippen LogP contribution in [0.2, 0.25) is 5.02 Å². The fourth-order valence-electron chi connectivity index (χ4n) is 1.75. The molecular formula is C15H12ClN3O4. The van der Waals surface area contributed by atoms with E-state index < -0.39 is 10.8 Å². The van der Waals surface area contributed by atoms with Crippen molar-refractivity contribution < 1.29 is 14.5 Å². The maximum absolute atomic E-state index is 11.9. The smallest absolute Gasteiger partial charge is 0.271 e. The molecular weight excluding hydrogens is 322 g/mol. The van der Waals surface area contributed by atoms with Crippen molar-refractivity contribution in [3.63, 3.8) is 0 Å². The molecule has 0 heterocycles. The first-order valence-corrected chi connectivity index (χ1v) is 6.80. The van der Waals surface area contributed by atoms with Gasteiger partial charge in [0.1, 0.15) is 5.75 Å². The number of rotatable bonds is 5. The lowest BCUT2D eigenvalue weighted by molar-refractivity contribution is -0.384. The van der Waals surface area contributed by atoms with Gasteiger partial charge in [-0.2, -0.15) is 5.10 Å². The number of non-ortho nitro benzene ring substituents is 1. The molecule has 2 aromatic carbocycles. The SMILES string of the molecule is COc1ccc(/C=N\NC(=O)c2cccc([N+](=O)[O-])c2)cc1Cl. The maximum atomic E-state index is 11.9. The normalized spacial score (nSPS) is 10.5. The monoisotopic (exact) mass is 333 g/mol. The lowest BCUT2D eigenvalue weighted by Gasteiger charge is -2.03. The summed E-state index contributed by atoms with van der Waals surface area (Å²) in [6.45, 7) is 0. The minimum absolute atomic E-state index is 0.143. The topological polar surface area (TPSA) is 93.8 Å². The maximum Gasteiger partial charge on any atom is 0.271 e. The highest BCUT2D eigenvalue weighted by Crippen LogP contribution is 2.24. The third-order valence-electron chi connectivity index (χ3n) is 2.87. The summed E-state index contributed by atoms with van der Waals surface area (Å²) in [7, 11) is 1.51. The third-order valence-corrected chi connectivity index (χ3v) is 3.17. The van der Waals surface area contributed by atoms with Gasteiger partial charge in [-0.25, -0.2) is 5.43 Å². The molecule has 23 heavy (non-hydrogen) atoms. The number of amides is 1. The second kappa shape index (κ2) is 7.37. The molecule has 2 rings (SSSR count). The molecule has 1 amide bonds. The predicted octanol–water partition coefficient (Wildman–Crippen LogP) is 3.02. The second-order valence-corrected chi connectivity index (χ2v) is 4.81. The van der Waals surface area contributed by atoms with E-state index in [1.165, 1.54) is 37.6 Å². The van der Waals surface area contributed by atoms with Crippen molar-refractivity contribution in [1.82, 2.24) is 5.43 Å². The van der Waals surface area contributed by atoms with Crippen LogP contribution in [0.3, 0.4) is 0 Å². The van der Waals surface area contributed by atoms with E-state index in [-0.39, 0.29) is 11.3 Å². The van der Waals surface area contributed by atoms with Crippen LogP contribution in [0, 0.1) is 10.1 Å². The molecule has 0 saturated carbocycles. The van der Waals surface area contributed by atoms with Crippen LogP contribution in [0.25, 0.3) is 0 Å². The zero-order valence-corrected chi connectivity index (χ0v) is 12.8. The second-order valence-electron chi connectivity index (χ2n) is 4.40. The lowest BCUT2D eigenvalue weighted by Crippen LogP contribution is -2.17. The van der Waals surface area contributed by atoms with Gasteiger partial charge in [-0.15, -0.1) is 0 Å². The number of methoxy groups -OCH3 is 1. The van der Waals surface area contributed by atoms with Crippen LogP contribution in [-0.2, 0) is 0 Å². The van der Waals surface area contributed by atoms with Crippen LogP contribution in [0.1, 0.15) is 15.9 Å². The molecule has 0 radical (unpaired) electrons. The highest BCUT2D eigenvalue weighted by molar-refractivity contribution is 6.32. The number of halogens is 1. The first-order valence-electron chi connectivity index (χ1n) is 6.42. The van der Waals surface area contributed by atoms with Gasteiger partial charge in [-0.3, -0.25) is 14.9 Å². The number of nitrogens with one attached hydrogen (secondary N) is 1. The number of benzene rings is 2. The quantitative estimate of drug-likeness (QED) is 0.517. The highest BCUT2D eigenvalue weighted by atomic mass is 35.5. The summed E-state index contributed by atoms with van der Waals surface area (Å²) in [5.74, 6) is -0.0194. The van der Waals surface area contributed by atoms with Crippen molar-refractivity contribution in [3.8, 4) is 5.75 Å². The molecule has 118 valence electrons. The Labute approximate surface area is 136 Å². The van der Waals surface area contributed by atoms with E-state index in [1.807, 2.05) is 0 Å². The summed E-state index contributed by atoms with van der Waals surface area (Å²) < 4.78 is 5.03. The van der Waals surface area contributed by atoms with E-state index >= 15 is 0 Å². The van der Waals surface area contributed by atoms with Gasteiger partial charge in [0.25, 0.3) is 11.6 Å². The standard InChI is InChI=1S/C15H12ClN3O4/c1-23-14-6-5-10(7-13(14)16)9-17-18-15(20)11-3-2-4-12(8-11)19(21)22/h2-9H,1H3,(H,18,20)/b17-9-. The molecule has 7 nitrogen and oxygen atoms in total. The summed E-state index contributed by atoms with van der Waals surface area (Å²) in [4.78, 5) is 22.0. The molecule has 2 aromatic rings. The average molecular weight is 334 g/mol. The van der Waals surface area contributed by atoms with Crippen molar-refractivity contribution >= 4 is 29.4 Å². The van der Waals surface area contributed by atoms with Crippen LogP contribution in [0.5, 0.6) is 5.75 Å². The number of carbonyl (C=O) groups excluding carboxylic acids is 1. The van der Waals surface area contributed by atoms with E-state index in [4.69, 9.17) is 16.3 Å². The molecule has 0 saturated heterocycles. The first kappa shape index (κ1) is 16.4.